The number of fused-ring (bicyclic) bond motifs is 3. The van der Waals surface area contributed by atoms with Gasteiger partial charge in [0.25, 0.3) is 0 Å². The molecule has 0 fully saturated rings. The lowest BCUT2D eigenvalue weighted by atomic mass is 9.91. The monoisotopic (exact) mass is 489 g/mol. The molecule has 2 aliphatic heterocycles. The first kappa shape index (κ1) is 26.6. The Labute approximate surface area is 215 Å². The molecule has 3 N–H and O–H groups in total. The smallest absolute Gasteiger partial charge is 0.148 e. The molecular formula is C29H39N5S. The highest BCUT2D eigenvalue weighted by molar-refractivity contribution is 8.07. The van der Waals surface area contributed by atoms with Gasteiger partial charge in [-0.05, 0) is 49.6 Å². The summed E-state index contributed by atoms with van der Waals surface area (Å²) in [7, 11) is 0. The molecule has 0 bridgehead atoms. The highest BCUT2D eigenvalue weighted by atomic mass is 32.2. The van der Waals surface area contributed by atoms with Crippen molar-refractivity contribution < 1.29 is 0 Å². The van der Waals surface area contributed by atoms with Crippen molar-refractivity contribution >= 4 is 29.0 Å². The van der Waals surface area contributed by atoms with Gasteiger partial charge >= 0.3 is 0 Å². The second kappa shape index (κ2) is 12.1. The molecule has 1 aromatic heterocycles. The van der Waals surface area contributed by atoms with E-state index in [4.69, 9.17) is 10.7 Å². The number of nitrogens with zero attached hydrogens (tertiary/aromatic N) is 3. The van der Waals surface area contributed by atoms with Crippen molar-refractivity contribution in [2.24, 2.45) is 5.73 Å². The number of allylic oxidation sites excluding steroid dienone is 6. The molecule has 3 rings (SSSR count). The molecule has 0 saturated heterocycles. The molecule has 6 heteroatoms. The van der Waals surface area contributed by atoms with Crippen molar-refractivity contribution in [1.82, 2.24) is 10.3 Å². The number of aryl methyl sites for hydroxylation is 1. The van der Waals surface area contributed by atoms with E-state index in [1.807, 2.05) is 12.2 Å². The Hall–Kier alpha value is -2.96. The molecular weight excluding hydrogens is 450 g/mol. The van der Waals surface area contributed by atoms with Crippen molar-refractivity contribution in [2.45, 2.75) is 40.5 Å². The molecule has 5 nitrogen and oxygen atoms in total. The minimum atomic E-state index is 0.745. The van der Waals surface area contributed by atoms with E-state index in [1.54, 1.807) is 17.8 Å². The van der Waals surface area contributed by atoms with Crippen LogP contribution in [0.4, 0.5) is 11.6 Å². The Balaban J connectivity index is 2.26. The average Bonchev–Trinajstić information content (AvgIpc) is 3.20. The zero-order valence-electron chi connectivity index (χ0n) is 21.7. The highest BCUT2D eigenvalue weighted by Gasteiger charge is 2.38. The first-order valence-electron chi connectivity index (χ1n) is 12.4. The van der Waals surface area contributed by atoms with Gasteiger partial charge in [-0.15, -0.1) is 0 Å². The van der Waals surface area contributed by atoms with Crippen LogP contribution >= 0.6 is 11.8 Å². The van der Waals surface area contributed by atoms with Gasteiger partial charge in [-0.2, -0.15) is 0 Å². The third-order valence-electron chi connectivity index (χ3n) is 6.03. The summed E-state index contributed by atoms with van der Waals surface area (Å²) in [5.41, 5.74) is 12.5. The topological polar surface area (TPSA) is 57.4 Å². The van der Waals surface area contributed by atoms with E-state index in [0.29, 0.717) is 0 Å². The molecule has 186 valence electrons. The van der Waals surface area contributed by atoms with Crippen molar-refractivity contribution in [3.63, 3.8) is 0 Å². The number of hydrogen-bond donors (Lipinski definition) is 2. The molecule has 0 unspecified atom stereocenters. The molecule has 35 heavy (non-hydrogen) atoms. The SMILES string of the molecule is C=C/C=C\C1=C(C=C)SC2=C(/C(N)=C/CC)C(=C)c3c(C)cc(N(CCC)CCNCC)nc3N12. The molecule has 0 aliphatic carbocycles. The summed E-state index contributed by atoms with van der Waals surface area (Å²) in [4.78, 5) is 10.9. The molecule has 1 aromatic rings. The third kappa shape index (κ3) is 5.34. The van der Waals surface area contributed by atoms with E-state index in [9.17, 15) is 0 Å². The highest BCUT2D eigenvalue weighted by Crippen LogP contribution is 2.54. The van der Waals surface area contributed by atoms with Gasteiger partial charge in [0.15, 0.2) is 0 Å². The van der Waals surface area contributed by atoms with Crippen LogP contribution in [0.15, 0.2) is 83.1 Å². The van der Waals surface area contributed by atoms with Gasteiger partial charge in [0.1, 0.15) is 11.6 Å². The minimum absolute atomic E-state index is 0.745. The van der Waals surface area contributed by atoms with Crippen LogP contribution < -0.4 is 20.9 Å². The maximum Gasteiger partial charge on any atom is 0.148 e. The second-order valence-corrected chi connectivity index (χ2v) is 9.58. The molecule has 0 amide bonds. The molecule has 0 atom stereocenters. The van der Waals surface area contributed by atoms with Gasteiger partial charge in [0.2, 0.25) is 0 Å². The van der Waals surface area contributed by atoms with Gasteiger partial charge in [-0.25, -0.2) is 4.98 Å². The number of anilines is 2. The maximum atomic E-state index is 6.62. The fraction of sp³-hybridized carbons (Fsp3) is 0.345. The number of nitrogens with two attached hydrogens (primary N) is 1. The summed E-state index contributed by atoms with van der Waals surface area (Å²) < 4.78 is 0. The van der Waals surface area contributed by atoms with E-state index >= 15 is 0 Å². The normalized spacial score (nSPS) is 15.7. The molecule has 0 spiro atoms. The van der Waals surface area contributed by atoms with Crippen LogP contribution in [0.2, 0.25) is 0 Å². The fourth-order valence-electron chi connectivity index (χ4n) is 4.47. The number of hydrogen-bond acceptors (Lipinski definition) is 6. The summed E-state index contributed by atoms with van der Waals surface area (Å²) in [6.07, 6.45) is 11.7. The Kier molecular flexibility index (Phi) is 9.24. The molecule has 0 aromatic carbocycles. The standard InChI is InChI=1S/C29H39N5S/c1-8-13-15-23-24(11-4)35-29-27(22(30)14-9-2)21(7)26-20(6)19-25(32-28(26)34(23)29)33(17-10-3)18-16-31-12-5/h8,11,13-15,19,31H,1,4,7,9-10,12,16-18,30H2,2-3,5-6H3/b15-13-,22-14-. The van der Waals surface area contributed by atoms with Crippen LogP contribution in [-0.4, -0.2) is 31.2 Å². The van der Waals surface area contributed by atoms with Crippen LogP contribution in [0.3, 0.4) is 0 Å². The molecule has 0 saturated carbocycles. The zero-order valence-corrected chi connectivity index (χ0v) is 22.5. The van der Waals surface area contributed by atoms with Gasteiger partial charge in [0, 0.05) is 41.4 Å². The van der Waals surface area contributed by atoms with Crippen LogP contribution in [-0.2, 0) is 0 Å². The number of pyridine rings is 1. The van der Waals surface area contributed by atoms with E-state index < -0.39 is 0 Å². The average molecular weight is 490 g/mol. The fourth-order valence-corrected chi connectivity index (χ4v) is 5.64. The van der Waals surface area contributed by atoms with E-state index in [-0.39, 0.29) is 0 Å². The minimum Gasteiger partial charge on any atom is -0.398 e. The maximum absolute atomic E-state index is 6.62. The lowest BCUT2D eigenvalue weighted by Gasteiger charge is -2.34. The summed E-state index contributed by atoms with van der Waals surface area (Å²) in [6.45, 7) is 24.8. The molecule has 0 radical (unpaired) electrons. The van der Waals surface area contributed by atoms with Crippen LogP contribution in [0.1, 0.15) is 44.7 Å². The number of thioether (sulfide) groups is 1. The predicted molar refractivity (Wildman–Crippen MR) is 155 cm³/mol. The van der Waals surface area contributed by atoms with Crippen molar-refractivity contribution in [3.8, 4) is 0 Å². The van der Waals surface area contributed by atoms with Gasteiger partial charge in [-0.3, -0.25) is 4.90 Å². The zero-order chi connectivity index (χ0) is 25.5. The van der Waals surface area contributed by atoms with E-state index in [1.165, 1.54) is 0 Å². The first-order chi connectivity index (χ1) is 16.9. The Bertz CT molecular complexity index is 1120. The second-order valence-electron chi connectivity index (χ2n) is 8.55. The quantitative estimate of drug-likeness (QED) is 0.262. The summed E-state index contributed by atoms with van der Waals surface area (Å²) in [6, 6.07) is 2.19. The van der Waals surface area contributed by atoms with Crippen molar-refractivity contribution in [3.05, 3.63) is 94.2 Å². The lowest BCUT2D eigenvalue weighted by molar-refractivity contribution is 0.668. The summed E-state index contributed by atoms with van der Waals surface area (Å²) in [5, 5.41) is 4.47. The molecule has 3 heterocycles. The van der Waals surface area contributed by atoms with Crippen molar-refractivity contribution in [1.29, 1.82) is 0 Å². The lowest BCUT2D eigenvalue weighted by Crippen LogP contribution is -2.34. The third-order valence-corrected chi connectivity index (χ3v) is 7.21. The Morgan fingerprint density at radius 2 is 2.03 bits per heavy atom. The largest absolute Gasteiger partial charge is 0.398 e. The first-order valence-corrected chi connectivity index (χ1v) is 13.3. The number of likely N-dealkylation sites (N-methyl/N-ethyl adjacent to an activating group) is 1. The Morgan fingerprint density at radius 1 is 1.26 bits per heavy atom. The van der Waals surface area contributed by atoms with Gasteiger partial charge < -0.3 is 16.0 Å². The number of nitrogens with one attached hydrogen (secondary N) is 1. The Morgan fingerprint density at radius 3 is 2.66 bits per heavy atom. The van der Waals surface area contributed by atoms with Crippen LogP contribution in [0.25, 0.3) is 5.57 Å². The summed E-state index contributed by atoms with van der Waals surface area (Å²) in [5.74, 6) is 1.88. The van der Waals surface area contributed by atoms with Crippen molar-refractivity contribution in [2.75, 3.05) is 36.0 Å². The summed E-state index contributed by atoms with van der Waals surface area (Å²) >= 11 is 1.67. The van der Waals surface area contributed by atoms with Crippen LogP contribution in [0.5, 0.6) is 0 Å². The van der Waals surface area contributed by atoms with Gasteiger partial charge in [0.05, 0.1) is 10.7 Å². The van der Waals surface area contributed by atoms with E-state index in [0.717, 1.165) is 94.3 Å². The van der Waals surface area contributed by atoms with E-state index in [2.05, 4.69) is 80.8 Å². The number of aromatic nitrogens is 1. The number of rotatable bonds is 12. The predicted octanol–water partition coefficient (Wildman–Crippen LogP) is 6.40. The molecule has 2 aliphatic rings. The van der Waals surface area contributed by atoms with Gasteiger partial charge in [-0.1, -0.05) is 76.6 Å². The van der Waals surface area contributed by atoms with Crippen LogP contribution in [0, 0.1) is 6.92 Å².